The molecule has 0 saturated carbocycles. The van der Waals surface area contributed by atoms with Crippen molar-refractivity contribution in [3.8, 4) is 5.75 Å². The predicted octanol–water partition coefficient (Wildman–Crippen LogP) is 4.88. The van der Waals surface area contributed by atoms with Crippen LogP contribution < -0.4 is 10.1 Å². The minimum atomic E-state index is 0.454. The van der Waals surface area contributed by atoms with Crippen LogP contribution in [0.25, 0.3) is 0 Å². The predicted molar refractivity (Wildman–Crippen MR) is 85.0 cm³/mol. The lowest BCUT2D eigenvalue weighted by Gasteiger charge is -2.13. The summed E-state index contributed by atoms with van der Waals surface area (Å²) in [6.45, 7) is 0.590. The van der Waals surface area contributed by atoms with Gasteiger partial charge in [-0.1, -0.05) is 27.5 Å². The highest BCUT2D eigenvalue weighted by Crippen LogP contribution is 2.33. The molecule has 0 unspecified atom stereocenters. The molecule has 0 aliphatic heterocycles. The van der Waals surface area contributed by atoms with E-state index in [0.717, 1.165) is 25.9 Å². The first-order chi connectivity index (χ1) is 9.11. The molecule has 1 aromatic heterocycles. The number of benzene rings is 1. The Morgan fingerprint density at radius 3 is 2.84 bits per heavy atom. The number of nitrogens with zero attached hydrogens (tertiary/aromatic N) is 1. The maximum atomic E-state index is 6.00. The second-order valence-corrected chi connectivity index (χ2v) is 5.90. The molecule has 100 valence electrons. The van der Waals surface area contributed by atoms with Gasteiger partial charge in [0.05, 0.1) is 17.3 Å². The molecule has 1 N–H and O–H groups in total. The smallest absolute Gasteiger partial charge is 0.152 e. The topological polar surface area (TPSA) is 34.1 Å². The second kappa shape index (κ2) is 6.59. The average Bonchev–Trinajstić information content (AvgIpc) is 2.37. The van der Waals surface area contributed by atoms with Crippen LogP contribution in [-0.4, -0.2) is 12.1 Å². The molecular formula is C13H11Br2ClN2O. The van der Waals surface area contributed by atoms with E-state index in [-0.39, 0.29) is 0 Å². The number of aromatic nitrogens is 1. The van der Waals surface area contributed by atoms with Crippen molar-refractivity contribution in [1.82, 2.24) is 4.98 Å². The molecule has 0 aliphatic carbocycles. The standard InChI is InChI=1S/C13H11Br2ClN2O/c1-19-12-8(5-9(14)6-10(12)15)7-18-11-3-2-4-17-13(11)16/h2-6,18H,7H2,1H3. The Morgan fingerprint density at radius 1 is 1.37 bits per heavy atom. The summed E-state index contributed by atoms with van der Waals surface area (Å²) >= 11 is 12.9. The maximum absolute atomic E-state index is 6.00. The number of ether oxygens (including phenoxy) is 1. The van der Waals surface area contributed by atoms with Gasteiger partial charge in [-0.25, -0.2) is 4.98 Å². The van der Waals surface area contributed by atoms with Crippen LogP contribution in [0.3, 0.4) is 0 Å². The Kier molecular flexibility index (Phi) is 5.07. The minimum Gasteiger partial charge on any atom is -0.495 e. The van der Waals surface area contributed by atoms with E-state index in [1.807, 2.05) is 24.3 Å². The van der Waals surface area contributed by atoms with E-state index in [1.54, 1.807) is 13.3 Å². The number of methoxy groups -OCH3 is 1. The van der Waals surface area contributed by atoms with Gasteiger partial charge in [-0.2, -0.15) is 0 Å². The summed E-state index contributed by atoms with van der Waals surface area (Å²) in [6, 6.07) is 7.66. The van der Waals surface area contributed by atoms with Crippen LogP contribution in [-0.2, 0) is 6.54 Å². The van der Waals surface area contributed by atoms with Crippen molar-refractivity contribution in [2.45, 2.75) is 6.54 Å². The van der Waals surface area contributed by atoms with Crippen molar-refractivity contribution in [2.75, 3.05) is 12.4 Å². The van der Waals surface area contributed by atoms with Crippen LogP contribution >= 0.6 is 43.5 Å². The lowest BCUT2D eigenvalue weighted by molar-refractivity contribution is 0.407. The van der Waals surface area contributed by atoms with E-state index in [0.29, 0.717) is 11.7 Å². The molecule has 19 heavy (non-hydrogen) atoms. The number of hydrogen-bond acceptors (Lipinski definition) is 3. The number of rotatable bonds is 4. The lowest BCUT2D eigenvalue weighted by atomic mass is 10.2. The quantitative estimate of drug-likeness (QED) is 0.735. The largest absolute Gasteiger partial charge is 0.495 e. The summed E-state index contributed by atoms with van der Waals surface area (Å²) in [6.07, 6.45) is 1.66. The minimum absolute atomic E-state index is 0.454. The third kappa shape index (κ3) is 3.61. The summed E-state index contributed by atoms with van der Waals surface area (Å²) in [5, 5.41) is 3.70. The molecule has 2 rings (SSSR count). The summed E-state index contributed by atoms with van der Waals surface area (Å²) in [4.78, 5) is 4.02. The van der Waals surface area contributed by atoms with Crippen molar-refractivity contribution in [1.29, 1.82) is 0 Å². The molecule has 0 fully saturated rings. The van der Waals surface area contributed by atoms with Crippen molar-refractivity contribution < 1.29 is 4.74 Å². The highest BCUT2D eigenvalue weighted by molar-refractivity contribution is 9.11. The third-order valence-corrected chi connectivity index (χ3v) is 3.87. The van der Waals surface area contributed by atoms with Crippen LogP contribution in [0.2, 0.25) is 5.15 Å². The summed E-state index contributed by atoms with van der Waals surface area (Å²) in [7, 11) is 1.65. The Balaban J connectivity index is 2.22. The Hall–Kier alpha value is -0.780. The molecule has 0 spiro atoms. The van der Waals surface area contributed by atoms with Crippen LogP contribution in [0.15, 0.2) is 39.4 Å². The van der Waals surface area contributed by atoms with Crippen molar-refractivity contribution in [3.63, 3.8) is 0 Å². The first kappa shape index (κ1) is 14.6. The zero-order valence-electron chi connectivity index (χ0n) is 10.1. The maximum Gasteiger partial charge on any atom is 0.152 e. The third-order valence-electron chi connectivity index (χ3n) is 2.52. The number of halogens is 3. The average molecular weight is 407 g/mol. The number of hydrogen-bond donors (Lipinski definition) is 1. The molecule has 2 aromatic rings. The first-order valence-electron chi connectivity index (χ1n) is 5.48. The normalized spacial score (nSPS) is 10.3. The summed E-state index contributed by atoms with van der Waals surface area (Å²) < 4.78 is 7.28. The Morgan fingerprint density at radius 2 is 2.16 bits per heavy atom. The van der Waals surface area contributed by atoms with Crippen molar-refractivity contribution >= 4 is 49.1 Å². The Labute approximate surface area is 133 Å². The highest BCUT2D eigenvalue weighted by atomic mass is 79.9. The van der Waals surface area contributed by atoms with Crippen LogP contribution in [0.4, 0.5) is 5.69 Å². The molecule has 0 aliphatic rings. The zero-order valence-corrected chi connectivity index (χ0v) is 14.0. The van der Waals surface area contributed by atoms with Gasteiger partial charge in [0.15, 0.2) is 5.15 Å². The van der Waals surface area contributed by atoms with Gasteiger partial charge >= 0.3 is 0 Å². The van der Waals surface area contributed by atoms with E-state index >= 15 is 0 Å². The van der Waals surface area contributed by atoms with Crippen LogP contribution in [0.5, 0.6) is 5.75 Å². The van der Waals surface area contributed by atoms with E-state index in [2.05, 4.69) is 42.2 Å². The molecule has 0 radical (unpaired) electrons. The molecule has 3 nitrogen and oxygen atoms in total. The van der Waals surface area contributed by atoms with Gasteiger partial charge in [0.1, 0.15) is 5.75 Å². The SMILES string of the molecule is COc1c(Br)cc(Br)cc1CNc1cccnc1Cl. The van der Waals surface area contributed by atoms with Gasteiger partial charge in [-0.15, -0.1) is 0 Å². The number of nitrogens with one attached hydrogen (secondary N) is 1. The Bertz CT molecular complexity index is 593. The fraction of sp³-hybridized carbons (Fsp3) is 0.154. The van der Waals surface area contributed by atoms with Gasteiger partial charge in [0.25, 0.3) is 0 Å². The lowest BCUT2D eigenvalue weighted by Crippen LogP contribution is -2.03. The molecule has 0 amide bonds. The van der Waals surface area contributed by atoms with E-state index < -0.39 is 0 Å². The van der Waals surface area contributed by atoms with Crippen LogP contribution in [0.1, 0.15) is 5.56 Å². The van der Waals surface area contributed by atoms with Crippen LogP contribution in [0, 0.1) is 0 Å². The molecule has 1 heterocycles. The monoisotopic (exact) mass is 404 g/mol. The van der Waals surface area contributed by atoms with Gasteiger partial charge in [0, 0.05) is 22.8 Å². The first-order valence-corrected chi connectivity index (χ1v) is 7.44. The van der Waals surface area contributed by atoms with Gasteiger partial charge in [0.2, 0.25) is 0 Å². The summed E-state index contributed by atoms with van der Waals surface area (Å²) in [5.41, 5.74) is 1.81. The molecular weight excluding hydrogens is 395 g/mol. The van der Waals surface area contributed by atoms with E-state index in [9.17, 15) is 0 Å². The highest BCUT2D eigenvalue weighted by Gasteiger charge is 2.09. The number of anilines is 1. The van der Waals surface area contributed by atoms with Gasteiger partial charge in [-0.3, -0.25) is 0 Å². The summed E-state index contributed by atoms with van der Waals surface area (Å²) in [5.74, 6) is 0.802. The fourth-order valence-corrected chi connectivity index (χ4v) is 3.34. The van der Waals surface area contributed by atoms with E-state index in [4.69, 9.17) is 16.3 Å². The fourth-order valence-electron chi connectivity index (χ4n) is 1.68. The second-order valence-electron chi connectivity index (χ2n) is 3.78. The molecule has 0 atom stereocenters. The van der Waals surface area contributed by atoms with E-state index in [1.165, 1.54) is 0 Å². The molecule has 6 heteroatoms. The molecule has 1 aromatic carbocycles. The number of pyridine rings is 1. The van der Waals surface area contributed by atoms with Gasteiger partial charge < -0.3 is 10.1 Å². The molecule has 0 saturated heterocycles. The zero-order chi connectivity index (χ0) is 13.8. The van der Waals surface area contributed by atoms with Crippen molar-refractivity contribution in [2.24, 2.45) is 0 Å². The molecule has 0 bridgehead atoms. The van der Waals surface area contributed by atoms with Gasteiger partial charge in [-0.05, 0) is 40.2 Å². The van der Waals surface area contributed by atoms with Crippen molar-refractivity contribution in [3.05, 3.63) is 50.1 Å².